The second kappa shape index (κ2) is 9.46. The third kappa shape index (κ3) is 9.78. The maximum Gasteiger partial charge on any atom is 2.00 e. The first kappa shape index (κ1) is 17.6. The molecule has 2 N–H and O–H groups in total. The number of nitrogens with two attached hydrogens (primary N) is 1. The molecule has 0 aliphatic heterocycles. The van der Waals surface area contributed by atoms with Gasteiger partial charge in [0.05, 0.1) is 11.9 Å². The summed E-state index contributed by atoms with van der Waals surface area (Å²) in [4.78, 5) is 1.67. The molecule has 0 heterocycles. The minimum Gasteiger partial charge on any atom is -0.741 e. The van der Waals surface area contributed by atoms with E-state index in [0.717, 1.165) is 0 Å². The number of hydrogen-bond donors (Lipinski definition) is 1. The third-order valence-electron chi connectivity index (χ3n) is 1.08. The fourth-order valence-corrected chi connectivity index (χ4v) is 0.493. The summed E-state index contributed by atoms with van der Waals surface area (Å²) in [5.41, 5.74) is 5.65. The first-order valence-corrected chi connectivity index (χ1v) is 4.75. The monoisotopic (exact) mass is 311 g/mol. The largest absolute Gasteiger partial charge is 2.00 e. The van der Waals surface area contributed by atoms with Gasteiger partial charge in [-0.1, -0.05) is 0 Å². The minimum atomic E-state index is -0.0245. The van der Waals surface area contributed by atoms with Crippen molar-refractivity contribution in [3.05, 3.63) is 0 Å². The van der Waals surface area contributed by atoms with Gasteiger partial charge < -0.3 is 35.9 Å². The van der Waals surface area contributed by atoms with Crippen molar-refractivity contribution in [3.63, 3.8) is 0 Å². The van der Waals surface area contributed by atoms with Crippen molar-refractivity contribution in [1.29, 1.82) is 0 Å². The van der Waals surface area contributed by atoms with Crippen LogP contribution in [0.25, 0.3) is 0 Å². The van der Waals surface area contributed by atoms with E-state index in [0.29, 0.717) is 10.9 Å². The quantitative estimate of drug-likeness (QED) is 0.255. The van der Waals surface area contributed by atoms with Crippen molar-refractivity contribution in [3.8, 4) is 0 Å². The molecule has 0 aliphatic carbocycles. The molecule has 0 spiro atoms. The van der Waals surface area contributed by atoms with E-state index in [4.69, 9.17) is 18.4 Å². The van der Waals surface area contributed by atoms with Crippen molar-refractivity contribution in [2.24, 2.45) is 26.1 Å². The Labute approximate surface area is 116 Å². The molecule has 0 fully saturated rings. The molecule has 0 bridgehead atoms. The molecule has 0 atom stereocenters. The van der Waals surface area contributed by atoms with Crippen molar-refractivity contribution in [2.75, 3.05) is 14.1 Å². The third-order valence-corrected chi connectivity index (χ3v) is 1.61. The second-order valence-corrected chi connectivity index (χ2v) is 3.48. The van der Waals surface area contributed by atoms with Crippen LogP contribution < -0.4 is 5.73 Å². The molecule has 0 saturated heterocycles. The van der Waals surface area contributed by atoms with E-state index in [2.05, 4.69) is 33.0 Å². The Kier molecular flexibility index (Phi) is 10.4. The number of amidine groups is 2. The Morgan fingerprint density at radius 1 is 1.19 bits per heavy atom. The van der Waals surface area contributed by atoms with Crippen LogP contribution >= 0.6 is 0 Å². The molecule has 1 radical (unpaired) electrons. The molecule has 0 aromatic heterocycles. The van der Waals surface area contributed by atoms with Crippen LogP contribution in [-0.4, -0.2) is 41.3 Å². The smallest absolute Gasteiger partial charge is 0.741 e. The van der Waals surface area contributed by atoms with Gasteiger partial charge >= 0.3 is 17.1 Å². The van der Waals surface area contributed by atoms with Crippen LogP contribution in [0.3, 0.4) is 0 Å². The molecule has 0 aliphatic rings. The predicted molar refractivity (Wildman–Crippen MR) is 69.1 cm³/mol. The molecular weight excluding hydrogens is 299 g/mol. The topological polar surface area (TPSA) is 78.7 Å². The molecule has 9 heteroatoms. The van der Waals surface area contributed by atoms with Gasteiger partial charge in [-0.3, -0.25) is 0 Å². The zero-order chi connectivity index (χ0) is 11.8. The van der Waals surface area contributed by atoms with Gasteiger partial charge in [0.2, 0.25) is 0 Å². The van der Waals surface area contributed by atoms with Gasteiger partial charge in [0, 0.05) is 19.3 Å². The van der Waals surface area contributed by atoms with Crippen LogP contribution in [0.2, 0.25) is 0 Å². The first-order valence-electron chi connectivity index (χ1n) is 3.93. The summed E-state index contributed by atoms with van der Waals surface area (Å²) in [5.74, 6) is 0. The average molecular weight is 311 g/mol. The number of hydrogen-bond acceptors (Lipinski definition) is 6. The Morgan fingerprint density at radius 2 is 1.75 bits per heavy atom. The maximum atomic E-state index is 5.12. The predicted octanol–water partition coefficient (Wildman–Crippen LogP) is -0.328. The van der Waals surface area contributed by atoms with Crippen molar-refractivity contribution < 1.29 is 17.1 Å². The van der Waals surface area contributed by atoms with E-state index in [9.17, 15) is 0 Å². The van der Waals surface area contributed by atoms with E-state index >= 15 is 0 Å². The Bertz CT molecular complexity index is 319. The van der Waals surface area contributed by atoms with Gasteiger partial charge in [0.25, 0.3) is 0 Å². The van der Waals surface area contributed by atoms with E-state index in [1.807, 2.05) is 0 Å². The summed E-state index contributed by atoms with van der Waals surface area (Å²) in [6.07, 6.45) is 1.41. The Hall–Kier alpha value is -0.761. The minimum absolute atomic E-state index is 0. The summed E-state index contributed by atoms with van der Waals surface area (Å²) in [6, 6.07) is 0. The summed E-state index contributed by atoms with van der Waals surface area (Å²) in [6.45, 7) is 1.69. The molecule has 6 nitrogen and oxygen atoms in total. The van der Waals surface area contributed by atoms with Crippen LogP contribution in [0, 0.1) is 0 Å². The Balaban J connectivity index is 0. The van der Waals surface area contributed by atoms with Gasteiger partial charge in [0.15, 0.2) is 0 Å². The zero-order valence-corrected chi connectivity index (χ0v) is 11.6. The van der Waals surface area contributed by atoms with E-state index < -0.39 is 0 Å². The normalized spacial score (nSPS) is 13.8. The molecule has 0 aromatic rings. The number of nitrogens with zero attached hydrogens (tertiary/aromatic N) is 5. The maximum absolute atomic E-state index is 5.12. The van der Waals surface area contributed by atoms with Gasteiger partial charge in [-0.05, 0) is 12.1 Å². The van der Waals surface area contributed by atoms with Crippen LogP contribution in [0.15, 0.2) is 20.4 Å². The van der Waals surface area contributed by atoms with Crippen LogP contribution in [-0.2, 0) is 42.3 Å². The SMILES string of the molecule is CC(/C=N\N=C(/[S-])N(C)C)=N/N=C(/N)[S-].[67Cu+2]. The van der Waals surface area contributed by atoms with Gasteiger partial charge in [-0.15, -0.1) is 0 Å². The molecule has 0 aromatic carbocycles. The van der Waals surface area contributed by atoms with E-state index in [-0.39, 0.29) is 22.2 Å². The molecule has 0 saturated carbocycles. The first-order chi connectivity index (χ1) is 6.93. The molecule has 0 unspecified atom stereocenters. The van der Waals surface area contributed by atoms with Gasteiger partial charge in [-0.2, -0.15) is 20.4 Å². The summed E-state index contributed by atoms with van der Waals surface area (Å²) in [5, 5.41) is 15.0. The molecule has 16 heavy (non-hydrogen) atoms. The van der Waals surface area contributed by atoms with E-state index in [1.165, 1.54) is 6.21 Å². The zero-order valence-electron chi connectivity index (χ0n) is 9.01. The van der Waals surface area contributed by atoms with Gasteiger partial charge in [-0.25, -0.2) is 0 Å². The van der Waals surface area contributed by atoms with Crippen molar-refractivity contribution in [1.82, 2.24) is 4.90 Å². The Morgan fingerprint density at radius 3 is 2.19 bits per heavy atom. The van der Waals surface area contributed by atoms with Gasteiger partial charge in [0.1, 0.15) is 0 Å². The fourth-order valence-electron chi connectivity index (χ4n) is 0.405. The summed E-state index contributed by atoms with van der Waals surface area (Å²) in [7, 11) is 3.56. The van der Waals surface area contributed by atoms with Crippen LogP contribution in [0.1, 0.15) is 6.92 Å². The molecule has 0 amide bonds. The van der Waals surface area contributed by atoms with E-state index in [1.54, 1.807) is 25.9 Å². The number of rotatable bonds is 3. The van der Waals surface area contributed by atoms with Crippen molar-refractivity contribution >= 4 is 47.5 Å². The average Bonchev–Trinajstić information content (AvgIpc) is 2.14. The second-order valence-electron chi connectivity index (χ2n) is 2.70. The fraction of sp³-hybridized carbons (Fsp3) is 0.429. The van der Waals surface area contributed by atoms with Crippen LogP contribution in [0.4, 0.5) is 0 Å². The molecular formula is C7H12CuN6S2. The van der Waals surface area contributed by atoms with Crippen LogP contribution in [0.5, 0.6) is 0 Å². The summed E-state index contributed by atoms with van der Waals surface area (Å²) < 4.78 is 0. The summed E-state index contributed by atoms with van der Waals surface area (Å²) >= 11 is 9.39. The van der Waals surface area contributed by atoms with Crippen molar-refractivity contribution in [2.45, 2.75) is 6.92 Å². The standard InChI is InChI=1S/C7H14N6S2.Cu/c1-5(10-11-6(8)14)4-9-12-7(15)13(2)3;/h4H,1-3H3,(H,12,15)(H3,8,11,14);/q;+2/p-2/b9-4-,10-5-;/i;1+3. The molecule has 93 valence electrons. The molecule has 0 rings (SSSR count).